The normalized spacial score (nSPS) is 11.8. The number of nitrogens with zero attached hydrogens (tertiary/aromatic N) is 3. The molecule has 0 unspecified atom stereocenters. The molecule has 5 N–H and O–H groups in total. The van der Waals surface area contributed by atoms with Crippen LogP contribution in [0.4, 0.5) is 15.9 Å². The quantitative estimate of drug-likeness (QED) is 0.353. The van der Waals surface area contributed by atoms with Crippen LogP contribution in [0.1, 0.15) is 23.7 Å². The lowest BCUT2D eigenvalue weighted by Gasteiger charge is -2.19. The molecule has 2 heterocycles. The molecule has 162 valence electrons. The van der Waals surface area contributed by atoms with Gasteiger partial charge in [0.2, 0.25) is 11.8 Å². The highest BCUT2D eigenvalue weighted by molar-refractivity contribution is 6.05. The number of fused-ring (bicyclic) bond motifs is 1. The highest BCUT2D eigenvalue weighted by Crippen LogP contribution is 2.33. The molecule has 0 spiro atoms. The van der Waals surface area contributed by atoms with Crippen LogP contribution in [0.15, 0.2) is 55.1 Å². The van der Waals surface area contributed by atoms with Gasteiger partial charge < -0.3 is 21.4 Å². The van der Waals surface area contributed by atoms with E-state index in [1.165, 1.54) is 30.9 Å². The van der Waals surface area contributed by atoms with E-state index in [0.717, 1.165) is 0 Å². The zero-order valence-corrected chi connectivity index (χ0v) is 17.1. The van der Waals surface area contributed by atoms with Gasteiger partial charge in [-0.15, -0.1) is 0 Å². The van der Waals surface area contributed by atoms with E-state index in [0.29, 0.717) is 29.0 Å². The molecule has 0 radical (unpaired) electrons. The number of aromatic nitrogens is 4. The summed E-state index contributed by atoms with van der Waals surface area (Å²) in [7, 11) is 0. The summed E-state index contributed by atoms with van der Waals surface area (Å²) in [5, 5.41) is 5.85. The second-order valence-corrected chi connectivity index (χ2v) is 6.99. The standard InChI is InChI=1S/C22H20FN7O2/c1-2-15(29-21-18-20(26-10-25-18)27-11-28-21)22(32)30-16-9-5-8-14(23)17(16)12-6-3-4-7-13(12)19(24)31/h3-11,15H,2H2,1H3,(H2,24,31)(H,30,32)(H2,25,26,27,28,29)/t15-/m0/s1. The molecule has 0 aliphatic carbocycles. The highest BCUT2D eigenvalue weighted by Gasteiger charge is 2.22. The molecule has 0 bridgehead atoms. The SMILES string of the molecule is CC[C@H](Nc1ncnc2nc[nH]c12)C(=O)Nc1cccc(F)c1-c1ccccc1C(N)=O. The fourth-order valence-electron chi connectivity index (χ4n) is 3.43. The number of nitrogens with two attached hydrogens (primary N) is 1. The molecule has 1 atom stereocenters. The second kappa shape index (κ2) is 8.80. The van der Waals surface area contributed by atoms with Crippen molar-refractivity contribution in [1.29, 1.82) is 0 Å². The van der Waals surface area contributed by atoms with E-state index in [9.17, 15) is 14.0 Å². The maximum Gasteiger partial charge on any atom is 0.249 e. The van der Waals surface area contributed by atoms with Crippen LogP contribution in [-0.4, -0.2) is 37.8 Å². The summed E-state index contributed by atoms with van der Waals surface area (Å²) in [6.07, 6.45) is 3.26. The molecule has 0 aliphatic heterocycles. The van der Waals surface area contributed by atoms with Gasteiger partial charge in [0.05, 0.1) is 12.0 Å². The molecule has 2 aromatic heterocycles. The Labute approximate surface area is 182 Å². The van der Waals surface area contributed by atoms with E-state index in [1.54, 1.807) is 24.3 Å². The molecule has 2 aromatic carbocycles. The summed E-state index contributed by atoms with van der Waals surface area (Å²) in [5.41, 5.74) is 7.26. The first-order chi connectivity index (χ1) is 15.5. The van der Waals surface area contributed by atoms with E-state index >= 15 is 0 Å². The van der Waals surface area contributed by atoms with E-state index in [1.807, 2.05) is 6.92 Å². The predicted molar refractivity (Wildman–Crippen MR) is 118 cm³/mol. The van der Waals surface area contributed by atoms with Gasteiger partial charge in [-0.25, -0.2) is 19.3 Å². The topological polar surface area (TPSA) is 139 Å². The Hall–Kier alpha value is -4.34. The number of nitrogens with one attached hydrogen (secondary N) is 3. The molecular formula is C22H20FN7O2. The minimum atomic E-state index is -0.693. The number of anilines is 2. The highest BCUT2D eigenvalue weighted by atomic mass is 19.1. The number of carbonyl (C=O) groups is 2. The summed E-state index contributed by atoms with van der Waals surface area (Å²) in [6.45, 7) is 1.83. The average molecular weight is 433 g/mol. The zero-order chi connectivity index (χ0) is 22.7. The number of halogens is 1. The van der Waals surface area contributed by atoms with Crippen LogP contribution >= 0.6 is 0 Å². The van der Waals surface area contributed by atoms with Crippen molar-refractivity contribution in [3.05, 3.63) is 66.5 Å². The van der Waals surface area contributed by atoms with E-state index in [-0.39, 0.29) is 16.8 Å². The zero-order valence-electron chi connectivity index (χ0n) is 17.1. The number of benzene rings is 2. The molecule has 0 fully saturated rings. The van der Waals surface area contributed by atoms with Gasteiger partial charge >= 0.3 is 0 Å². The van der Waals surface area contributed by atoms with Crippen molar-refractivity contribution in [3.8, 4) is 11.1 Å². The number of aromatic amines is 1. The molecule has 32 heavy (non-hydrogen) atoms. The Balaban J connectivity index is 1.66. The Bertz CT molecular complexity index is 1300. The van der Waals surface area contributed by atoms with Gasteiger partial charge in [-0.1, -0.05) is 31.2 Å². The molecule has 0 aliphatic rings. The fraction of sp³-hybridized carbons (Fsp3) is 0.136. The number of amides is 2. The van der Waals surface area contributed by atoms with Crippen LogP contribution in [0.3, 0.4) is 0 Å². The Kier molecular flexibility index (Phi) is 5.75. The van der Waals surface area contributed by atoms with Crippen molar-refractivity contribution >= 4 is 34.5 Å². The van der Waals surface area contributed by atoms with Crippen LogP contribution in [-0.2, 0) is 4.79 Å². The van der Waals surface area contributed by atoms with Crippen molar-refractivity contribution in [2.75, 3.05) is 10.6 Å². The third kappa shape index (κ3) is 3.97. The number of hydrogen-bond acceptors (Lipinski definition) is 6. The fourth-order valence-corrected chi connectivity index (χ4v) is 3.43. The van der Waals surface area contributed by atoms with Gasteiger partial charge in [-0.05, 0) is 30.2 Å². The van der Waals surface area contributed by atoms with Crippen molar-refractivity contribution in [3.63, 3.8) is 0 Å². The average Bonchev–Trinajstić information content (AvgIpc) is 3.27. The molecule has 9 nitrogen and oxygen atoms in total. The van der Waals surface area contributed by atoms with Crippen LogP contribution in [0.2, 0.25) is 0 Å². The Morgan fingerprint density at radius 2 is 1.94 bits per heavy atom. The maximum absolute atomic E-state index is 14.9. The number of rotatable bonds is 7. The number of hydrogen-bond donors (Lipinski definition) is 4. The molecule has 0 saturated heterocycles. The predicted octanol–water partition coefficient (Wildman–Crippen LogP) is 3.09. The Morgan fingerprint density at radius 3 is 2.72 bits per heavy atom. The van der Waals surface area contributed by atoms with Crippen molar-refractivity contribution in [1.82, 2.24) is 19.9 Å². The molecule has 4 aromatic rings. The summed E-state index contributed by atoms with van der Waals surface area (Å²) in [5.74, 6) is -1.26. The molecule has 0 saturated carbocycles. The summed E-state index contributed by atoms with van der Waals surface area (Å²) >= 11 is 0. The second-order valence-electron chi connectivity index (χ2n) is 6.99. The summed E-state index contributed by atoms with van der Waals surface area (Å²) < 4.78 is 14.9. The lowest BCUT2D eigenvalue weighted by Crippen LogP contribution is -2.34. The van der Waals surface area contributed by atoms with Gasteiger partial charge in [0.25, 0.3) is 0 Å². The number of imidazole rings is 1. The first kappa shape index (κ1) is 20.9. The Morgan fingerprint density at radius 1 is 1.12 bits per heavy atom. The summed E-state index contributed by atoms with van der Waals surface area (Å²) in [4.78, 5) is 40.2. The number of H-pyrrole nitrogens is 1. The third-order valence-corrected chi connectivity index (χ3v) is 4.99. The molecule has 10 heteroatoms. The van der Waals surface area contributed by atoms with Gasteiger partial charge in [0, 0.05) is 11.1 Å². The van der Waals surface area contributed by atoms with E-state index in [2.05, 4.69) is 30.6 Å². The van der Waals surface area contributed by atoms with Crippen LogP contribution in [0, 0.1) is 5.82 Å². The van der Waals surface area contributed by atoms with Gasteiger partial charge in [0.1, 0.15) is 23.7 Å². The van der Waals surface area contributed by atoms with Crippen molar-refractivity contribution < 1.29 is 14.0 Å². The van der Waals surface area contributed by atoms with Gasteiger partial charge in [-0.2, -0.15) is 0 Å². The van der Waals surface area contributed by atoms with E-state index in [4.69, 9.17) is 5.73 Å². The number of carbonyl (C=O) groups excluding carboxylic acids is 2. The maximum atomic E-state index is 14.9. The first-order valence-corrected chi connectivity index (χ1v) is 9.88. The number of primary amides is 1. The molecule has 4 rings (SSSR count). The van der Waals surface area contributed by atoms with Crippen LogP contribution in [0.25, 0.3) is 22.3 Å². The lowest BCUT2D eigenvalue weighted by molar-refractivity contribution is -0.117. The van der Waals surface area contributed by atoms with Gasteiger partial charge in [0.15, 0.2) is 11.5 Å². The van der Waals surface area contributed by atoms with E-state index < -0.39 is 23.7 Å². The van der Waals surface area contributed by atoms with Crippen LogP contribution in [0.5, 0.6) is 0 Å². The third-order valence-electron chi connectivity index (χ3n) is 4.99. The minimum absolute atomic E-state index is 0.0862. The minimum Gasteiger partial charge on any atom is -0.366 e. The smallest absolute Gasteiger partial charge is 0.249 e. The molecule has 2 amide bonds. The van der Waals surface area contributed by atoms with Gasteiger partial charge in [-0.3, -0.25) is 9.59 Å². The largest absolute Gasteiger partial charge is 0.366 e. The molecular weight excluding hydrogens is 413 g/mol. The lowest BCUT2D eigenvalue weighted by atomic mass is 9.97. The monoisotopic (exact) mass is 433 g/mol. The van der Waals surface area contributed by atoms with Crippen LogP contribution < -0.4 is 16.4 Å². The van der Waals surface area contributed by atoms with Crippen molar-refractivity contribution in [2.45, 2.75) is 19.4 Å². The van der Waals surface area contributed by atoms with Crippen molar-refractivity contribution in [2.24, 2.45) is 5.73 Å². The summed E-state index contributed by atoms with van der Waals surface area (Å²) in [6, 6.07) is 10.0. The first-order valence-electron chi connectivity index (χ1n) is 9.88.